The molecule has 1 heterocycles. The van der Waals surface area contributed by atoms with Crippen LogP contribution >= 0.6 is 11.8 Å². The molecule has 0 aliphatic heterocycles. The van der Waals surface area contributed by atoms with Crippen LogP contribution in [-0.4, -0.2) is 41.8 Å². The first kappa shape index (κ1) is 19.8. The van der Waals surface area contributed by atoms with Crippen LogP contribution in [0.3, 0.4) is 0 Å². The van der Waals surface area contributed by atoms with Gasteiger partial charge in [0, 0.05) is 12.5 Å². The van der Waals surface area contributed by atoms with Crippen molar-refractivity contribution in [1.29, 1.82) is 0 Å². The zero-order valence-electron chi connectivity index (χ0n) is 14.2. The number of rotatable bonds is 10. The summed E-state index contributed by atoms with van der Waals surface area (Å²) in [6.45, 7) is 2.29. The van der Waals surface area contributed by atoms with Gasteiger partial charge in [-0.2, -0.15) is 0 Å². The summed E-state index contributed by atoms with van der Waals surface area (Å²) in [6, 6.07) is 7.29. The molecule has 0 unspecified atom stereocenters. The van der Waals surface area contributed by atoms with Gasteiger partial charge in [-0.1, -0.05) is 5.16 Å². The van der Waals surface area contributed by atoms with Crippen molar-refractivity contribution in [2.45, 2.75) is 13.3 Å². The Morgan fingerprint density at radius 1 is 1.23 bits per heavy atom. The maximum Gasteiger partial charge on any atom is 0.315 e. The van der Waals surface area contributed by atoms with E-state index in [4.69, 9.17) is 14.0 Å². The standard InChI is InChI=1S/C17H19FN2O5S/c1-12-9-15(20-25-12)19-16(21)10-26-11-17(22)24-8-2-7-23-14-5-3-13(18)4-6-14/h3-6,9H,2,7-8,10-11H2,1H3,(H,19,20,21). The fourth-order valence-corrected chi connectivity index (χ4v) is 2.45. The van der Waals surface area contributed by atoms with Crippen molar-refractivity contribution in [3.05, 3.63) is 41.9 Å². The third-order valence-corrected chi connectivity index (χ3v) is 3.89. The predicted molar refractivity (Wildman–Crippen MR) is 94.7 cm³/mol. The third kappa shape index (κ3) is 7.56. The molecule has 7 nitrogen and oxygen atoms in total. The molecule has 9 heteroatoms. The van der Waals surface area contributed by atoms with E-state index in [-0.39, 0.29) is 29.8 Å². The van der Waals surface area contributed by atoms with E-state index in [2.05, 4.69) is 10.5 Å². The first-order valence-corrected chi connectivity index (χ1v) is 9.03. The van der Waals surface area contributed by atoms with Crippen LogP contribution in [-0.2, 0) is 14.3 Å². The van der Waals surface area contributed by atoms with E-state index in [1.165, 1.54) is 24.3 Å². The molecule has 1 amide bonds. The monoisotopic (exact) mass is 382 g/mol. The number of nitrogens with zero attached hydrogens (tertiary/aromatic N) is 1. The molecule has 0 aliphatic rings. The van der Waals surface area contributed by atoms with Crippen LogP contribution in [0.25, 0.3) is 0 Å². The molecule has 1 N–H and O–H groups in total. The van der Waals surface area contributed by atoms with Gasteiger partial charge in [0.05, 0.1) is 24.7 Å². The molecule has 2 rings (SSSR count). The minimum absolute atomic E-state index is 0.0735. The maximum atomic E-state index is 12.7. The lowest BCUT2D eigenvalue weighted by atomic mass is 10.3. The van der Waals surface area contributed by atoms with Gasteiger partial charge in [0.15, 0.2) is 5.82 Å². The molecular formula is C17H19FN2O5S. The summed E-state index contributed by atoms with van der Waals surface area (Å²) in [4.78, 5) is 23.2. The van der Waals surface area contributed by atoms with Crippen molar-refractivity contribution in [1.82, 2.24) is 5.16 Å². The summed E-state index contributed by atoms with van der Waals surface area (Å²) in [6.07, 6.45) is 0.514. The highest BCUT2D eigenvalue weighted by atomic mass is 32.2. The van der Waals surface area contributed by atoms with Crippen molar-refractivity contribution >= 4 is 29.5 Å². The number of hydrogen-bond acceptors (Lipinski definition) is 7. The molecular weight excluding hydrogens is 363 g/mol. The zero-order valence-corrected chi connectivity index (χ0v) is 15.0. The summed E-state index contributed by atoms with van der Waals surface area (Å²) >= 11 is 1.15. The normalized spacial score (nSPS) is 10.4. The number of amides is 1. The highest BCUT2D eigenvalue weighted by molar-refractivity contribution is 8.00. The van der Waals surface area contributed by atoms with Gasteiger partial charge in [0.25, 0.3) is 0 Å². The average molecular weight is 382 g/mol. The van der Waals surface area contributed by atoms with Gasteiger partial charge in [-0.05, 0) is 31.2 Å². The SMILES string of the molecule is Cc1cc(NC(=O)CSCC(=O)OCCCOc2ccc(F)cc2)no1. The average Bonchev–Trinajstić information content (AvgIpc) is 3.01. The van der Waals surface area contributed by atoms with Crippen LogP contribution in [0, 0.1) is 12.7 Å². The second kappa shape index (κ2) is 10.4. The summed E-state index contributed by atoms with van der Waals surface area (Å²) in [5.41, 5.74) is 0. The number of hydrogen-bond donors (Lipinski definition) is 1. The van der Waals surface area contributed by atoms with E-state index in [0.29, 0.717) is 30.4 Å². The van der Waals surface area contributed by atoms with E-state index in [0.717, 1.165) is 11.8 Å². The molecule has 0 aliphatic carbocycles. The smallest absolute Gasteiger partial charge is 0.315 e. The number of aryl methyl sites for hydroxylation is 1. The van der Waals surface area contributed by atoms with Crippen LogP contribution in [0.15, 0.2) is 34.9 Å². The lowest BCUT2D eigenvalue weighted by Crippen LogP contribution is -2.17. The Labute approximate surface area is 154 Å². The van der Waals surface area contributed by atoms with Crippen LogP contribution in [0.1, 0.15) is 12.2 Å². The predicted octanol–water partition coefficient (Wildman–Crippen LogP) is 2.81. The fourth-order valence-electron chi connectivity index (χ4n) is 1.84. The summed E-state index contributed by atoms with van der Waals surface area (Å²) < 4.78 is 28.0. The molecule has 0 spiro atoms. The zero-order chi connectivity index (χ0) is 18.8. The summed E-state index contributed by atoms with van der Waals surface area (Å²) in [7, 11) is 0. The molecule has 0 saturated carbocycles. The van der Waals surface area contributed by atoms with Crippen LogP contribution in [0.5, 0.6) is 5.75 Å². The minimum atomic E-state index is -0.401. The van der Waals surface area contributed by atoms with Crippen molar-refractivity contribution in [3.63, 3.8) is 0 Å². The Hall–Kier alpha value is -2.55. The number of nitrogens with one attached hydrogen (secondary N) is 1. The maximum absolute atomic E-state index is 12.7. The first-order chi connectivity index (χ1) is 12.5. The van der Waals surface area contributed by atoms with E-state index in [9.17, 15) is 14.0 Å². The Bertz CT molecular complexity index is 720. The van der Waals surface area contributed by atoms with Crippen molar-refractivity contribution < 1.29 is 28.0 Å². The second-order valence-electron chi connectivity index (χ2n) is 5.24. The first-order valence-electron chi connectivity index (χ1n) is 7.88. The Kier molecular flexibility index (Phi) is 7.94. The molecule has 1 aromatic heterocycles. The van der Waals surface area contributed by atoms with Gasteiger partial charge in [0.1, 0.15) is 17.3 Å². The number of aromatic nitrogens is 1. The number of carbonyl (C=O) groups excluding carboxylic acids is 2. The number of benzene rings is 1. The number of thioether (sulfide) groups is 1. The van der Waals surface area contributed by atoms with Gasteiger partial charge in [-0.3, -0.25) is 9.59 Å². The van der Waals surface area contributed by atoms with Crippen LogP contribution < -0.4 is 10.1 Å². The van der Waals surface area contributed by atoms with Gasteiger partial charge < -0.3 is 19.3 Å². The van der Waals surface area contributed by atoms with E-state index in [1.807, 2.05) is 0 Å². The van der Waals surface area contributed by atoms with Gasteiger partial charge >= 0.3 is 5.97 Å². The van der Waals surface area contributed by atoms with Gasteiger partial charge in [-0.15, -0.1) is 11.8 Å². The molecule has 1 aromatic carbocycles. The number of carbonyl (C=O) groups is 2. The van der Waals surface area contributed by atoms with Crippen molar-refractivity contribution in [3.8, 4) is 5.75 Å². The van der Waals surface area contributed by atoms with E-state index < -0.39 is 5.97 Å². The topological polar surface area (TPSA) is 90.7 Å². The van der Waals surface area contributed by atoms with E-state index >= 15 is 0 Å². The van der Waals surface area contributed by atoms with Gasteiger partial charge in [-0.25, -0.2) is 4.39 Å². The van der Waals surface area contributed by atoms with Crippen LogP contribution in [0.2, 0.25) is 0 Å². The summed E-state index contributed by atoms with van der Waals surface area (Å²) in [5.74, 6) is 0.677. The highest BCUT2D eigenvalue weighted by Crippen LogP contribution is 2.11. The summed E-state index contributed by atoms with van der Waals surface area (Å²) in [5, 5.41) is 6.20. The number of halogens is 1. The highest BCUT2D eigenvalue weighted by Gasteiger charge is 2.09. The Balaban J connectivity index is 1.49. The quantitative estimate of drug-likeness (QED) is 0.499. The lowest BCUT2D eigenvalue weighted by Gasteiger charge is -2.07. The van der Waals surface area contributed by atoms with Crippen molar-refractivity contribution in [2.75, 3.05) is 30.0 Å². The molecule has 0 saturated heterocycles. The van der Waals surface area contributed by atoms with E-state index in [1.54, 1.807) is 13.0 Å². The number of ether oxygens (including phenoxy) is 2. The minimum Gasteiger partial charge on any atom is -0.493 e. The van der Waals surface area contributed by atoms with Gasteiger partial charge in [0.2, 0.25) is 5.91 Å². The Morgan fingerprint density at radius 3 is 2.69 bits per heavy atom. The Morgan fingerprint density at radius 2 is 2.00 bits per heavy atom. The lowest BCUT2D eigenvalue weighted by molar-refractivity contribution is -0.140. The molecule has 0 fully saturated rings. The molecule has 0 bridgehead atoms. The molecule has 26 heavy (non-hydrogen) atoms. The number of esters is 1. The molecule has 140 valence electrons. The molecule has 2 aromatic rings. The molecule has 0 radical (unpaired) electrons. The van der Waals surface area contributed by atoms with Crippen LogP contribution in [0.4, 0.5) is 10.2 Å². The second-order valence-corrected chi connectivity index (χ2v) is 6.23. The fraction of sp³-hybridized carbons (Fsp3) is 0.353. The third-order valence-electron chi connectivity index (χ3n) is 2.98. The van der Waals surface area contributed by atoms with Crippen molar-refractivity contribution in [2.24, 2.45) is 0 Å². The largest absolute Gasteiger partial charge is 0.493 e. The molecule has 0 atom stereocenters. The number of anilines is 1.